The molecule has 2 aromatic heterocycles. The highest BCUT2D eigenvalue weighted by Crippen LogP contribution is 2.26. The molecule has 0 amide bonds. The van der Waals surface area contributed by atoms with Gasteiger partial charge in [0, 0.05) is 31.6 Å². The molecule has 0 unspecified atom stereocenters. The van der Waals surface area contributed by atoms with E-state index in [1.54, 1.807) is 6.92 Å². The summed E-state index contributed by atoms with van der Waals surface area (Å²) in [6.07, 6.45) is 0.634. The summed E-state index contributed by atoms with van der Waals surface area (Å²) in [5.41, 5.74) is 2.23. The second-order valence-corrected chi connectivity index (χ2v) is 6.04. The summed E-state index contributed by atoms with van der Waals surface area (Å²) in [4.78, 5) is 15.4. The largest absolute Gasteiger partial charge is 0.422 e. The molecule has 7 heteroatoms. The zero-order valence-electron chi connectivity index (χ0n) is 13.7. The Bertz CT molecular complexity index is 832. The molecule has 126 valence electrons. The Morgan fingerprint density at radius 1 is 1.12 bits per heavy atom. The van der Waals surface area contributed by atoms with Crippen molar-refractivity contribution in [3.63, 3.8) is 0 Å². The number of aryl methyl sites for hydroxylation is 2. The minimum absolute atomic E-state index is 0.113. The van der Waals surface area contributed by atoms with E-state index in [0.717, 1.165) is 11.4 Å². The van der Waals surface area contributed by atoms with E-state index in [1.165, 1.54) is 0 Å². The number of hydrogen-bond donors (Lipinski definition) is 1. The first-order chi connectivity index (χ1) is 11.6. The van der Waals surface area contributed by atoms with Gasteiger partial charge in [0.05, 0.1) is 0 Å². The number of aromatic nitrogens is 3. The fraction of sp³-hybridized carbons (Fsp3) is 0.353. The van der Waals surface area contributed by atoms with E-state index in [2.05, 4.69) is 19.9 Å². The topological polar surface area (TPSA) is 75.3 Å². The molecule has 2 heterocycles. The zero-order chi connectivity index (χ0) is 17.1. The Hall–Kier alpha value is -2.18. The van der Waals surface area contributed by atoms with Crippen molar-refractivity contribution in [2.75, 3.05) is 18.1 Å². The van der Waals surface area contributed by atoms with Crippen LogP contribution in [-0.4, -0.2) is 33.2 Å². The van der Waals surface area contributed by atoms with Gasteiger partial charge in [0.25, 0.3) is 5.71 Å². The highest BCUT2D eigenvalue weighted by Gasteiger charge is 2.18. The molecule has 0 bridgehead atoms. The van der Waals surface area contributed by atoms with Gasteiger partial charge >= 0.3 is 0 Å². The third-order valence-corrected chi connectivity index (χ3v) is 3.88. The summed E-state index contributed by atoms with van der Waals surface area (Å²) < 4.78 is 5.55. The van der Waals surface area contributed by atoms with Crippen molar-refractivity contribution in [2.45, 2.75) is 26.8 Å². The van der Waals surface area contributed by atoms with Crippen molar-refractivity contribution in [3.05, 3.63) is 46.6 Å². The van der Waals surface area contributed by atoms with Gasteiger partial charge in [-0.1, -0.05) is 23.7 Å². The van der Waals surface area contributed by atoms with E-state index in [9.17, 15) is 5.11 Å². The van der Waals surface area contributed by atoms with Crippen molar-refractivity contribution in [2.24, 2.45) is 0 Å². The van der Waals surface area contributed by atoms with E-state index in [1.807, 2.05) is 31.2 Å². The first kappa shape index (κ1) is 16.7. The SMILES string of the molecule is Cc1nc(N(CCCO)Cc2ccc(Cl)cc2)c2nc(C)oc2n1. The van der Waals surface area contributed by atoms with Crippen molar-refractivity contribution >= 4 is 28.6 Å². The van der Waals surface area contributed by atoms with E-state index >= 15 is 0 Å². The number of fused-ring (bicyclic) bond motifs is 1. The molecular formula is C17H19ClN4O2. The van der Waals surface area contributed by atoms with Gasteiger partial charge in [0.2, 0.25) is 0 Å². The summed E-state index contributed by atoms with van der Waals surface area (Å²) in [6, 6.07) is 7.69. The molecule has 0 aliphatic rings. The van der Waals surface area contributed by atoms with E-state index < -0.39 is 0 Å². The van der Waals surface area contributed by atoms with Crippen molar-refractivity contribution < 1.29 is 9.52 Å². The molecule has 0 atom stereocenters. The fourth-order valence-corrected chi connectivity index (χ4v) is 2.69. The molecule has 0 radical (unpaired) electrons. The lowest BCUT2D eigenvalue weighted by molar-refractivity contribution is 0.289. The van der Waals surface area contributed by atoms with Crippen molar-refractivity contribution in [1.29, 1.82) is 0 Å². The molecule has 6 nitrogen and oxygen atoms in total. The highest BCUT2D eigenvalue weighted by atomic mass is 35.5. The molecular weight excluding hydrogens is 328 g/mol. The van der Waals surface area contributed by atoms with Gasteiger partial charge in [-0.2, -0.15) is 4.98 Å². The Balaban J connectivity index is 2.00. The maximum absolute atomic E-state index is 9.23. The van der Waals surface area contributed by atoms with Gasteiger partial charge < -0.3 is 14.4 Å². The molecule has 0 spiro atoms. The standard InChI is InChI=1S/C17H19ClN4O2/c1-11-19-16(15-17(20-11)24-12(2)21-15)22(8-3-9-23)10-13-4-6-14(18)7-5-13/h4-7,23H,3,8-10H2,1-2H3. The monoisotopic (exact) mass is 346 g/mol. The van der Waals surface area contributed by atoms with Gasteiger partial charge in [0.1, 0.15) is 5.82 Å². The van der Waals surface area contributed by atoms with Gasteiger partial charge in [-0.15, -0.1) is 0 Å². The number of anilines is 1. The Labute approximate surface area is 145 Å². The molecule has 0 aliphatic heterocycles. The molecule has 1 N–H and O–H groups in total. The minimum Gasteiger partial charge on any atom is -0.422 e. The van der Waals surface area contributed by atoms with Crippen LogP contribution >= 0.6 is 11.6 Å². The highest BCUT2D eigenvalue weighted by molar-refractivity contribution is 6.30. The number of oxazole rings is 1. The number of nitrogens with zero attached hydrogens (tertiary/aromatic N) is 4. The molecule has 0 saturated carbocycles. The number of aliphatic hydroxyl groups is 1. The van der Waals surface area contributed by atoms with Crippen LogP contribution in [0.25, 0.3) is 11.2 Å². The molecule has 0 aliphatic carbocycles. The minimum atomic E-state index is 0.113. The normalized spacial score (nSPS) is 11.2. The molecule has 0 saturated heterocycles. The second-order valence-electron chi connectivity index (χ2n) is 5.61. The maximum Gasteiger partial charge on any atom is 0.252 e. The summed E-state index contributed by atoms with van der Waals surface area (Å²) >= 11 is 5.96. The van der Waals surface area contributed by atoms with Gasteiger partial charge in [-0.05, 0) is 31.0 Å². The Morgan fingerprint density at radius 3 is 2.58 bits per heavy atom. The predicted molar refractivity (Wildman–Crippen MR) is 93.3 cm³/mol. The lowest BCUT2D eigenvalue weighted by atomic mass is 10.2. The quantitative estimate of drug-likeness (QED) is 0.738. The summed E-state index contributed by atoms with van der Waals surface area (Å²) in [7, 11) is 0. The van der Waals surface area contributed by atoms with Crippen LogP contribution in [-0.2, 0) is 6.54 Å². The average molecular weight is 347 g/mol. The van der Waals surface area contributed by atoms with Crippen LogP contribution in [0.4, 0.5) is 5.82 Å². The second kappa shape index (κ2) is 7.15. The summed E-state index contributed by atoms with van der Waals surface area (Å²) in [6.45, 7) is 5.01. The van der Waals surface area contributed by atoms with Gasteiger partial charge in [-0.25, -0.2) is 9.97 Å². The van der Waals surface area contributed by atoms with Crippen LogP contribution in [0.3, 0.4) is 0 Å². The predicted octanol–water partition coefficient (Wildman–Crippen LogP) is 3.28. The van der Waals surface area contributed by atoms with Crippen molar-refractivity contribution in [1.82, 2.24) is 15.0 Å². The molecule has 3 aromatic rings. The lowest BCUT2D eigenvalue weighted by Gasteiger charge is -2.24. The number of benzene rings is 1. The Kier molecular flexibility index (Phi) is 4.97. The zero-order valence-corrected chi connectivity index (χ0v) is 14.4. The first-order valence-electron chi connectivity index (χ1n) is 7.79. The van der Waals surface area contributed by atoms with Crippen LogP contribution in [0.1, 0.15) is 23.7 Å². The first-order valence-corrected chi connectivity index (χ1v) is 8.16. The number of rotatable bonds is 6. The number of aliphatic hydroxyl groups excluding tert-OH is 1. The van der Waals surface area contributed by atoms with E-state index in [-0.39, 0.29) is 6.61 Å². The molecule has 0 fully saturated rings. The van der Waals surface area contributed by atoms with Crippen LogP contribution in [0.5, 0.6) is 0 Å². The molecule has 3 rings (SSSR count). The van der Waals surface area contributed by atoms with Gasteiger partial charge in [-0.3, -0.25) is 0 Å². The van der Waals surface area contributed by atoms with E-state index in [0.29, 0.717) is 47.5 Å². The third kappa shape index (κ3) is 3.66. The summed E-state index contributed by atoms with van der Waals surface area (Å²) in [5.74, 6) is 1.90. The van der Waals surface area contributed by atoms with Crippen LogP contribution in [0, 0.1) is 13.8 Å². The molecule has 24 heavy (non-hydrogen) atoms. The summed E-state index contributed by atoms with van der Waals surface area (Å²) in [5, 5.41) is 9.93. The average Bonchev–Trinajstić information content (AvgIpc) is 2.92. The van der Waals surface area contributed by atoms with E-state index in [4.69, 9.17) is 16.0 Å². The third-order valence-electron chi connectivity index (χ3n) is 3.63. The fourth-order valence-electron chi connectivity index (χ4n) is 2.57. The lowest BCUT2D eigenvalue weighted by Crippen LogP contribution is -2.26. The van der Waals surface area contributed by atoms with Crippen LogP contribution in [0.15, 0.2) is 28.7 Å². The maximum atomic E-state index is 9.23. The van der Waals surface area contributed by atoms with Gasteiger partial charge in [0.15, 0.2) is 17.2 Å². The van der Waals surface area contributed by atoms with Crippen LogP contribution < -0.4 is 4.90 Å². The number of halogens is 1. The molecule has 1 aromatic carbocycles. The smallest absolute Gasteiger partial charge is 0.252 e. The Morgan fingerprint density at radius 2 is 1.88 bits per heavy atom. The van der Waals surface area contributed by atoms with Crippen LogP contribution in [0.2, 0.25) is 5.02 Å². The number of hydrogen-bond acceptors (Lipinski definition) is 6. The van der Waals surface area contributed by atoms with Crippen molar-refractivity contribution in [3.8, 4) is 0 Å².